The third-order valence-corrected chi connectivity index (χ3v) is 2.91. The zero-order valence-corrected chi connectivity index (χ0v) is 10.2. The lowest BCUT2D eigenvalue weighted by molar-refractivity contribution is -0.127. The van der Waals surface area contributed by atoms with Crippen molar-refractivity contribution in [3.8, 4) is 0 Å². The summed E-state index contributed by atoms with van der Waals surface area (Å²) in [6.07, 6.45) is 0. The number of hydrogen-bond donors (Lipinski definition) is 3. The predicted octanol–water partition coefficient (Wildman–Crippen LogP) is 0.350. The van der Waals surface area contributed by atoms with E-state index in [-0.39, 0.29) is 36.3 Å². The van der Waals surface area contributed by atoms with Gasteiger partial charge in [0, 0.05) is 19.2 Å². The molecular formula is C11H24N2O2. The maximum absolute atomic E-state index is 11.8. The monoisotopic (exact) mass is 216 g/mol. The topological polar surface area (TPSA) is 75.4 Å². The normalized spacial score (nSPS) is 17.3. The molecule has 0 aliphatic carbocycles. The Morgan fingerprint density at radius 2 is 1.87 bits per heavy atom. The molecule has 0 fully saturated rings. The molecule has 0 bridgehead atoms. The number of nitrogens with one attached hydrogen (secondary N) is 1. The minimum Gasteiger partial charge on any atom is -0.396 e. The van der Waals surface area contributed by atoms with Crippen LogP contribution in [0.3, 0.4) is 0 Å². The van der Waals surface area contributed by atoms with Crippen LogP contribution >= 0.6 is 0 Å². The van der Waals surface area contributed by atoms with Crippen LogP contribution in [0.2, 0.25) is 0 Å². The van der Waals surface area contributed by atoms with Crippen LogP contribution in [0.25, 0.3) is 0 Å². The minimum absolute atomic E-state index is 0.0136. The van der Waals surface area contributed by atoms with E-state index in [1.807, 2.05) is 27.7 Å². The van der Waals surface area contributed by atoms with Crippen molar-refractivity contribution in [3.63, 3.8) is 0 Å². The fourth-order valence-electron chi connectivity index (χ4n) is 1.31. The molecule has 15 heavy (non-hydrogen) atoms. The van der Waals surface area contributed by atoms with Gasteiger partial charge in [0.2, 0.25) is 5.91 Å². The molecule has 0 aliphatic rings. The Balaban J connectivity index is 4.22. The Hall–Kier alpha value is -0.610. The first-order chi connectivity index (χ1) is 6.93. The van der Waals surface area contributed by atoms with Gasteiger partial charge in [-0.15, -0.1) is 0 Å². The van der Waals surface area contributed by atoms with Crippen LogP contribution in [0.4, 0.5) is 0 Å². The summed E-state index contributed by atoms with van der Waals surface area (Å²) in [7, 11) is 0. The predicted molar refractivity (Wildman–Crippen MR) is 61.2 cm³/mol. The molecule has 0 aromatic heterocycles. The van der Waals surface area contributed by atoms with Gasteiger partial charge < -0.3 is 16.2 Å². The zero-order chi connectivity index (χ0) is 12.0. The van der Waals surface area contributed by atoms with Gasteiger partial charge in [-0.05, 0) is 18.8 Å². The first-order valence-corrected chi connectivity index (χ1v) is 5.55. The summed E-state index contributed by atoms with van der Waals surface area (Å²) < 4.78 is 0. The fourth-order valence-corrected chi connectivity index (χ4v) is 1.31. The average molecular weight is 216 g/mol. The van der Waals surface area contributed by atoms with E-state index >= 15 is 0 Å². The highest BCUT2D eigenvalue weighted by molar-refractivity contribution is 5.79. The lowest BCUT2D eigenvalue weighted by Crippen LogP contribution is -2.45. The van der Waals surface area contributed by atoms with Crippen molar-refractivity contribution in [2.45, 2.75) is 33.7 Å². The highest BCUT2D eigenvalue weighted by Gasteiger charge is 2.23. The van der Waals surface area contributed by atoms with E-state index < -0.39 is 0 Å². The number of aliphatic hydroxyl groups is 1. The lowest BCUT2D eigenvalue weighted by atomic mass is 9.94. The molecular weight excluding hydrogens is 192 g/mol. The van der Waals surface area contributed by atoms with E-state index in [1.54, 1.807) is 0 Å². The van der Waals surface area contributed by atoms with Gasteiger partial charge in [0.05, 0.1) is 5.92 Å². The quantitative estimate of drug-likeness (QED) is 0.599. The van der Waals surface area contributed by atoms with E-state index in [0.29, 0.717) is 6.54 Å². The van der Waals surface area contributed by atoms with Crippen molar-refractivity contribution in [2.24, 2.45) is 23.5 Å². The van der Waals surface area contributed by atoms with Gasteiger partial charge in [-0.2, -0.15) is 0 Å². The summed E-state index contributed by atoms with van der Waals surface area (Å²) >= 11 is 0. The van der Waals surface area contributed by atoms with E-state index in [1.165, 1.54) is 0 Å². The highest BCUT2D eigenvalue weighted by Crippen LogP contribution is 2.10. The van der Waals surface area contributed by atoms with Crippen LogP contribution in [-0.4, -0.2) is 30.2 Å². The van der Waals surface area contributed by atoms with E-state index in [0.717, 1.165) is 0 Å². The van der Waals surface area contributed by atoms with Crippen LogP contribution in [0.15, 0.2) is 0 Å². The number of hydrogen-bond acceptors (Lipinski definition) is 3. The zero-order valence-electron chi connectivity index (χ0n) is 10.2. The van der Waals surface area contributed by atoms with Gasteiger partial charge >= 0.3 is 0 Å². The molecule has 4 heteroatoms. The Morgan fingerprint density at radius 1 is 1.33 bits per heavy atom. The van der Waals surface area contributed by atoms with Crippen molar-refractivity contribution < 1.29 is 9.90 Å². The third kappa shape index (κ3) is 4.62. The van der Waals surface area contributed by atoms with E-state index in [9.17, 15) is 4.79 Å². The third-order valence-electron chi connectivity index (χ3n) is 2.91. The maximum atomic E-state index is 11.8. The number of carbonyl (C=O) groups excluding carboxylic acids is 1. The van der Waals surface area contributed by atoms with Gasteiger partial charge in [-0.1, -0.05) is 20.8 Å². The Bertz CT molecular complexity index is 195. The molecule has 4 N–H and O–H groups in total. The molecule has 0 saturated carbocycles. The molecule has 0 heterocycles. The molecule has 0 aromatic carbocycles. The van der Waals surface area contributed by atoms with Crippen LogP contribution in [-0.2, 0) is 4.79 Å². The van der Waals surface area contributed by atoms with Crippen LogP contribution in [0.5, 0.6) is 0 Å². The van der Waals surface area contributed by atoms with Crippen molar-refractivity contribution >= 4 is 5.91 Å². The van der Waals surface area contributed by atoms with E-state index in [2.05, 4.69) is 5.32 Å². The van der Waals surface area contributed by atoms with Gasteiger partial charge in [0.1, 0.15) is 0 Å². The minimum atomic E-state index is -0.140. The second-order valence-corrected chi connectivity index (χ2v) is 4.54. The summed E-state index contributed by atoms with van der Waals surface area (Å²) in [5.74, 6) is 0.157. The second-order valence-electron chi connectivity index (χ2n) is 4.54. The van der Waals surface area contributed by atoms with Crippen molar-refractivity contribution in [3.05, 3.63) is 0 Å². The SMILES string of the molecule is CC(C)C(CN)C(=O)NC(C)C(C)CO. The first-order valence-electron chi connectivity index (χ1n) is 5.55. The second kappa shape index (κ2) is 6.80. The molecule has 3 atom stereocenters. The Morgan fingerprint density at radius 3 is 2.20 bits per heavy atom. The molecule has 90 valence electrons. The van der Waals surface area contributed by atoms with Crippen LogP contribution in [0, 0.1) is 17.8 Å². The summed E-state index contributed by atoms with van der Waals surface area (Å²) in [4.78, 5) is 11.8. The van der Waals surface area contributed by atoms with E-state index in [4.69, 9.17) is 10.8 Å². The number of carbonyl (C=O) groups is 1. The van der Waals surface area contributed by atoms with Crippen LogP contribution in [0.1, 0.15) is 27.7 Å². The number of rotatable bonds is 6. The molecule has 0 rings (SSSR count). The Kier molecular flexibility index (Phi) is 6.52. The molecule has 4 nitrogen and oxygen atoms in total. The molecule has 1 amide bonds. The largest absolute Gasteiger partial charge is 0.396 e. The standard InChI is InChI=1S/C11H24N2O2/c1-7(2)10(5-12)11(15)13-9(4)8(3)6-14/h7-10,14H,5-6,12H2,1-4H3,(H,13,15). The lowest BCUT2D eigenvalue weighted by Gasteiger charge is -2.24. The number of amides is 1. The molecule has 0 radical (unpaired) electrons. The van der Waals surface area contributed by atoms with Crippen LogP contribution < -0.4 is 11.1 Å². The molecule has 3 unspecified atom stereocenters. The van der Waals surface area contributed by atoms with Crippen molar-refractivity contribution in [2.75, 3.05) is 13.2 Å². The summed E-state index contributed by atoms with van der Waals surface area (Å²) in [6.45, 7) is 8.21. The smallest absolute Gasteiger partial charge is 0.224 e. The summed E-state index contributed by atoms with van der Waals surface area (Å²) in [5, 5.41) is 11.8. The van der Waals surface area contributed by atoms with Gasteiger partial charge in [-0.3, -0.25) is 4.79 Å². The molecule has 0 saturated heterocycles. The average Bonchev–Trinajstić information content (AvgIpc) is 2.16. The Labute approximate surface area is 92.2 Å². The molecule has 0 aromatic rings. The number of aliphatic hydroxyl groups excluding tert-OH is 1. The van der Waals surface area contributed by atoms with Crippen molar-refractivity contribution in [1.29, 1.82) is 0 Å². The summed E-state index contributed by atoms with van der Waals surface area (Å²) in [5.41, 5.74) is 5.55. The maximum Gasteiger partial charge on any atom is 0.224 e. The number of nitrogens with two attached hydrogens (primary N) is 1. The van der Waals surface area contributed by atoms with Crippen molar-refractivity contribution in [1.82, 2.24) is 5.32 Å². The summed E-state index contributed by atoms with van der Waals surface area (Å²) in [6, 6.07) is -0.0182. The first kappa shape index (κ1) is 14.4. The van der Waals surface area contributed by atoms with Gasteiger partial charge in [0.15, 0.2) is 0 Å². The molecule has 0 aliphatic heterocycles. The highest BCUT2D eigenvalue weighted by atomic mass is 16.3. The molecule has 0 spiro atoms. The van der Waals surface area contributed by atoms with Gasteiger partial charge in [-0.25, -0.2) is 0 Å². The fraction of sp³-hybridized carbons (Fsp3) is 0.909. The van der Waals surface area contributed by atoms with Gasteiger partial charge in [0.25, 0.3) is 0 Å².